The highest BCUT2D eigenvalue weighted by atomic mass is 16.5. The molecule has 24 heavy (non-hydrogen) atoms. The highest BCUT2D eigenvalue weighted by molar-refractivity contribution is 5.78. The normalized spacial score (nSPS) is 13.9. The number of carbonyl (C=O) groups excluding carboxylic acids is 1. The second kappa shape index (κ2) is 7.45. The molecule has 1 aromatic heterocycles. The zero-order valence-corrected chi connectivity index (χ0v) is 14.1. The van der Waals surface area contributed by atoms with Crippen LogP contribution in [0.25, 0.3) is 0 Å². The molecule has 0 aliphatic carbocycles. The molecular weight excluding hydrogens is 304 g/mol. The van der Waals surface area contributed by atoms with Crippen LogP contribution in [-0.4, -0.2) is 42.7 Å². The summed E-state index contributed by atoms with van der Waals surface area (Å²) in [5.41, 5.74) is 3.25. The summed E-state index contributed by atoms with van der Waals surface area (Å²) in [7, 11) is 1.54. The number of methoxy groups -OCH3 is 1. The van der Waals surface area contributed by atoms with Gasteiger partial charge in [0.25, 0.3) is 0 Å². The number of hydrogen-bond acceptors (Lipinski definition) is 4. The van der Waals surface area contributed by atoms with Gasteiger partial charge in [-0.15, -0.1) is 0 Å². The van der Waals surface area contributed by atoms with Gasteiger partial charge in [-0.1, -0.05) is 12.1 Å². The van der Waals surface area contributed by atoms with Crippen molar-refractivity contribution in [1.82, 2.24) is 9.88 Å². The van der Waals surface area contributed by atoms with E-state index in [4.69, 9.17) is 9.47 Å². The van der Waals surface area contributed by atoms with Crippen LogP contribution in [-0.2, 0) is 16.0 Å². The van der Waals surface area contributed by atoms with Gasteiger partial charge in [-0.05, 0) is 41.8 Å². The van der Waals surface area contributed by atoms with Crippen LogP contribution in [0.15, 0.2) is 42.7 Å². The van der Waals surface area contributed by atoms with E-state index in [0.717, 1.165) is 29.9 Å². The topological polar surface area (TPSA) is 51.7 Å². The summed E-state index contributed by atoms with van der Waals surface area (Å²) < 4.78 is 10.7. The molecule has 3 rings (SSSR count). The predicted octanol–water partition coefficient (Wildman–Crippen LogP) is 2.60. The smallest absolute Gasteiger partial charge is 0.249 e. The Bertz CT molecular complexity index is 703. The lowest BCUT2D eigenvalue weighted by Gasteiger charge is -2.31. The van der Waals surface area contributed by atoms with Crippen LogP contribution in [0.5, 0.6) is 5.75 Å². The number of ether oxygens (including phenoxy) is 2. The molecule has 1 aliphatic heterocycles. The largest absolute Gasteiger partial charge is 0.493 e. The van der Waals surface area contributed by atoms with Crippen LogP contribution in [0.1, 0.15) is 29.7 Å². The lowest BCUT2D eigenvalue weighted by molar-refractivity contribution is -0.136. The molecule has 126 valence electrons. The van der Waals surface area contributed by atoms with Crippen molar-refractivity contribution in [2.45, 2.75) is 19.4 Å². The van der Waals surface area contributed by atoms with Crippen LogP contribution in [0.3, 0.4) is 0 Å². The minimum absolute atomic E-state index is 0.0365. The van der Waals surface area contributed by atoms with E-state index in [1.54, 1.807) is 6.20 Å². The Morgan fingerprint density at radius 2 is 2.25 bits per heavy atom. The monoisotopic (exact) mass is 326 g/mol. The number of nitrogens with zero attached hydrogens (tertiary/aromatic N) is 2. The summed E-state index contributed by atoms with van der Waals surface area (Å²) in [6.07, 6.45) is 4.46. The van der Waals surface area contributed by atoms with Gasteiger partial charge < -0.3 is 14.4 Å². The quantitative estimate of drug-likeness (QED) is 0.819. The number of amides is 1. The van der Waals surface area contributed by atoms with Crippen molar-refractivity contribution in [2.75, 3.05) is 26.9 Å². The minimum atomic E-state index is -0.183. The van der Waals surface area contributed by atoms with Gasteiger partial charge in [-0.3, -0.25) is 9.78 Å². The van der Waals surface area contributed by atoms with Crippen molar-refractivity contribution in [3.05, 3.63) is 59.4 Å². The minimum Gasteiger partial charge on any atom is -0.493 e. The number of pyridine rings is 1. The van der Waals surface area contributed by atoms with Gasteiger partial charge in [-0.25, -0.2) is 0 Å². The maximum Gasteiger partial charge on any atom is 0.249 e. The number of hydrogen-bond donors (Lipinski definition) is 0. The second-order valence-corrected chi connectivity index (χ2v) is 5.77. The van der Waals surface area contributed by atoms with Crippen molar-refractivity contribution < 1.29 is 14.3 Å². The molecule has 2 aromatic rings. The van der Waals surface area contributed by atoms with Gasteiger partial charge in [-0.2, -0.15) is 0 Å². The van der Waals surface area contributed by atoms with E-state index in [1.165, 1.54) is 12.7 Å². The fourth-order valence-electron chi connectivity index (χ4n) is 3.18. The van der Waals surface area contributed by atoms with E-state index in [0.29, 0.717) is 6.54 Å². The summed E-state index contributed by atoms with van der Waals surface area (Å²) in [6.45, 7) is 3.36. The van der Waals surface area contributed by atoms with Crippen molar-refractivity contribution in [1.29, 1.82) is 0 Å². The summed E-state index contributed by atoms with van der Waals surface area (Å²) in [6, 6.07) is 9.89. The molecule has 0 bridgehead atoms. The summed E-state index contributed by atoms with van der Waals surface area (Å²) >= 11 is 0. The molecule has 0 saturated heterocycles. The van der Waals surface area contributed by atoms with E-state index in [2.05, 4.69) is 11.1 Å². The van der Waals surface area contributed by atoms with Gasteiger partial charge >= 0.3 is 0 Å². The molecule has 0 unspecified atom stereocenters. The summed E-state index contributed by atoms with van der Waals surface area (Å²) in [5, 5.41) is 0. The Morgan fingerprint density at radius 3 is 2.96 bits per heavy atom. The second-order valence-electron chi connectivity index (χ2n) is 5.77. The molecule has 0 N–H and O–H groups in total. The summed E-state index contributed by atoms with van der Waals surface area (Å²) in [4.78, 5) is 18.6. The molecular formula is C19H22N2O3. The molecule has 5 heteroatoms. The molecule has 0 saturated carbocycles. The first-order chi connectivity index (χ1) is 11.7. The highest BCUT2D eigenvalue weighted by Gasteiger charge is 2.27. The predicted molar refractivity (Wildman–Crippen MR) is 91.0 cm³/mol. The Morgan fingerprint density at radius 1 is 1.38 bits per heavy atom. The standard InChI is InChI=1S/C19H22N2O3/c1-3-21(18(22)13-23-2)19(16-5-4-9-20-12-16)15-6-7-17-14(11-15)8-10-24-17/h4-7,9,11-12,19H,3,8,10,13H2,1-2H3/t19-/m0/s1. The molecule has 1 aromatic carbocycles. The number of likely N-dealkylation sites (N-methyl/N-ethyl adjacent to an activating group) is 1. The number of fused-ring (bicyclic) bond motifs is 1. The van der Waals surface area contributed by atoms with E-state index in [-0.39, 0.29) is 18.6 Å². The van der Waals surface area contributed by atoms with Gasteiger partial charge in [0.2, 0.25) is 5.91 Å². The summed E-state index contributed by atoms with van der Waals surface area (Å²) in [5.74, 6) is 0.903. The van der Waals surface area contributed by atoms with E-state index in [1.807, 2.05) is 42.3 Å². The van der Waals surface area contributed by atoms with Crippen LogP contribution in [0, 0.1) is 0 Å². The van der Waals surface area contributed by atoms with Crippen molar-refractivity contribution in [3.8, 4) is 5.75 Å². The van der Waals surface area contributed by atoms with E-state index < -0.39 is 0 Å². The van der Waals surface area contributed by atoms with E-state index >= 15 is 0 Å². The zero-order valence-electron chi connectivity index (χ0n) is 14.1. The molecule has 0 radical (unpaired) electrons. The number of benzene rings is 1. The Labute approximate surface area is 142 Å². The molecule has 1 atom stereocenters. The SMILES string of the molecule is CCN(C(=O)COC)[C@H](c1cccnc1)c1ccc2c(c1)CCO2. The van der Waals surface area contributed by atoms with Gasteiger partial charge in [0.05, 0.1) is 12.6 Å². The molecule has 0 spiro atoms. The lowest BCUT2D eigenvalue weighted by atomic mass is 9.96. The fourth-order valence-corrected chi connectivity index (χ4v) is 3.18. The molecule has 0 fully saturated rings. The Hall–Kier alpha value is -2.40. The average Bonchev–Trinajstić information content (AvgIpc) is 3.08. The third-order valence-electron chi connectivity index (χ3n) is 4.27. The van der Waals surface area contributed by atoms with Gasteiger partial charge in [0.15, 0.2) is 0 Å². The van der Waals surface area contributed by atoms with E-state index in [9.17, 15) is 4.79 Å². The first-order valence-electron chi connectivity index (χ1n) is 8.18. The van der Waals surface area contributed by atoms with Crippen LogP contribution < -0.4 is 4.74 Å². The number of rotatable bonds is 6. The first kappa shape index (κ1) is 16.5. The highest BCUT2D eigenvalue weighted by Crippen LogP contribution is 2.33. The molecule has 2 heterocycles. The van der Waals surface area contributed by atoms with Crippen molar-refractivity contribution >= 4 is 5.91 Å². The van der Waals surface area contributed by atoms with Crippen LogP contribution in [0.4, 0.5) is 0 Å². The maximum atomic E-state index is 12.6. The third kappa shape index (κ3) is 3.26. The zero-order chi connectivity index (χ0) is 16.9. The van der Waals surface area contributed by atoms with Crippen LogP contribution in [0.2, 0.25) is 0 Å². The Kier molecular flexibility index (Phi) is 5.11. The Balaban J connectivity index is 2.03. The van der Waals surface area contributed by atoms with Crippen molar-refractivity contribution in [3.63, 3.8) is 0 Å². The molecule has 1 amide bonds. The van der Waals surface area contributed by atoms with Gasteiger partial charge in [0, 0.05) is 32.5 Å². The number of aromatic nitrogens is 1. The average molecular weight is 326 g/mol. The third-order valence-corrected chi connectivity index (χ3v) is 4.27. The number of carbonyl (C=O) groups is 1. The maximum absolute atomic E-state index is 12.6. The fraction of sp³-hybridized carbons (Fsp3) is 0.368. The van der Waals surface area contributed by atoms with Crippen molar-refractivity contribution in [2.24, 2.45) is 0 Å². The molecule has 5 nitrogen and oxygen atoms in total. The molecule has 1 aliphatic rings. The van der Waals surface area contributed by atoms with Crippen LogP contribution >= 0.6 is 0 Å². The first-order valence-corrected chi connectivity index (χ1v) is 8.18. The lowest BCUT2D eigenvalue weighted by Crippen LogP contribution is -2.37. The van der Waals surface area contributed by atoms with Gasteiger partial charge in [0.1, 0.15) is 12.4 Å².